The van der Waals surface area contributed by atoms with E-state index in [2.05, 4.69) is 10.1 Å². The molecule has 0 aliphatic carbocycles. The van der Waals surface area contributed by atoms with Crippen LogP contribution in [0.25, 0.3) is 11.5 Å². The lowest BCUT2D eigenvalue weighted by molar-refractivity contribution is 0.421. The van der Waals surface area contributed by atoms with E-state index in [0.717, 1.165) is 0 Å². The highest BCUT2D eigenvalue weighted by atomic mass is 19.1. The lowest BCUT2D eigenvalue weighted by Gasteiger charge is -1.98. The minimum atomic E-state index is -0.421. The third-order valence-electron chi connectivity index (χ3n) is 2.01. The molecule has 5 heteroatoms. The summed E-state index contributed by atoms with van der Waals surface area (Å²) in [6.07, 6.45) is 0.646. The second-order valence-electron chi connectivity index (χ2n) is 3.11. The highest BCUT2D eigenvalue weighted by Crippen LogP contribution is 2.23. The zero-order valence-electron chi connectivity index (χ0n) is 8.20. The van der Waals surface area contributed by atoms with E-state index in [9.17, 15) is 4.39 Å². The van der Waals surface area contributed by atoms with Gasteiger partial charge < -0.3 is 10.3 Å². The Hall–Kier alpha value is -1.91. The van der Waals surface area contributed by atoms with E-state index in [1.165, 1.54) is 18.2 Å². The van der Waals surface area contributed by atoms with Crippen LogP contribution in [0.5, 0.6) is 0 Å². The fraction of sp³-hybridized carbons (Fsp3) is 0.200. The largest absolute Gasteiger partial charge is 0.399 e. The first-order chi connectivity index (χ1) is 7.20. The molecule has 0 radical (unpaired) electrons. The van der Waals surface area contributed by atoms with Crippen LogP contribution >= 0.6 is 0 Å². The van der Waals surface area contributed by atoms with Crippen LogP contribution in [0.2, 0.25) is 0 Å². The molecule has 2 rings (SSSR count). The number of aromatic nitrogens is 2. The van der Waals surface area contributed by atoms with Crippen LogP contribution in [0.3, 0.4) is 0 Å². The predicted molar refractivity (Wildman–Crippen MR) is 53.5 cm³/mol. The fourth-order valence-electron chi connectivity index (χ4n) is 1.21. The Morgan fingerprint density at radius 3 is 2.93 bits per heavy atom. The molecule has 1 heterocycles. The van der Waals surface area contributed by atoms with Crippen LogP contribution in [0.1, 0.15) is 12.7 Å². The molecular weight excluding hydrogens is 197 g/mol. The van der Waals surface area contributed by atoms with E-state index in [0.29, 0.717) is 17.9 Å². The molecule has 4 nitrogen and oxygen atoms in total. The Balaban J connectivity index is 2.48. The van der Waals surface area contributed by atoms with Crippen LogP contribution in [-0.4, -0.2) is 10.1 Å². The summed E-state index contributed by atoms with van der Waals surface area (Å²) in [6, 6.07) is 4.23. The zero-order chi connectivity index (χ0) is 10.8. The van der Waals surface area contributed by atoms with Crippen molar-refractivity contribution < 1.29 is 8.91 Å². The molecule has 0 saturated carbocycles. The summed E-state index contributed by atoms with van der Waals surface area (Å²) in [5.41, 5.74) is 6.25. The van der Waals surface area contributed by atoms with E-state index < -0.39 is 5.82 Å². The molecule has 0 bridgehead atoms. The molecule has 78 valence electrons. The third kappa shape index (κ3) is 1.81. The van der Waals surface area contributed by atoms with Gasteiger partial charge in [-0.25, -0.2) is 4.39 Å². The van der Waals surface area contributed by atoms with E-state index in [4.69, 9.17) is 10.3 Å². The van der Waals surface area contributed by atoms with Gasteiger partial charge in [0, 0.05) is 12.1 Å². The van der Waals surface area contributed by atoms with Crippen LogP contribution in [0.15, 0.2) is 22.7 Å². The SMILES string of the molecule is CCc1noc(-c2cc(N)ccc2F)n1. The highest BCUT2D eigenvalue weighted by Gasteiger charge is 2.12. The lowest BCUT2D eigenvalue weighted by Crippen LogP contribution is -1.90. The first kappa shape index (κ1) is 9.64. The van der Waals surface area contributed by atoms with Gasteiger partial charge in [-0.05, 0) is 18.2 Å². The van der Waals surface area contributed by atoms with E-state index in [-0.39, 0.29) is 11.5 Å². The number of halogens is 1. The van der Waals surface area contributed by atoms with Crippen molar-refractivity contribution in [3.63, 3.8) is 0 Å². The molecule has 0 saturated heterocycles. The Morgan fingerprint density at radius 2 is 2.27 bits per heavy atom. The summed E-state index contributed by atoms with van der Waals surface area (Å²) in [5.74, 6) is 0.291. The van der Waals surface area contributed by atoms with Gasteiger partial charge in [-0.2, -0.15) is 4.98 Å². The average Bonchev–Trinajstić information content (AvgIpc) is 2.70. The lowest BCUT2D eigenvalue weighted by atomic mass is 10.2. The van der Waals surface area contributed by atoms with Crippen molar-refractivity contribution in [2.24, 2.45) is 0 Å². The van der Waals surface area contributed by atoms with Crippen molar-refractivity contribution in [2.75, 3.05) is 5.73 Å². The highest BCUT2D eigenvalue weighted by molar-refractivity contribution is 5.60. The molecule has 0 unspecified atom stereocenters. The monoisotopic (exact) mass is 207 g/mol. The zero-order valence-corrected chi connectivity index (χ0v) is 8.20. The summed E-state index contributed by atoms with van der Waals surface area (Å²) >= 11 is 0. The van der Waals surface area contributed by atoms with E-state index >= 15 is 0 Å². The molecule has 2 aromatic rings. The fourth-order valence-corrected chi connectivity index (χ4v) is 1.21. The Labute approximate surface area is 85.9 Å². The number of anilines is 1. The molecule has 1 aromatic carbocycles. The van der Waals surface area contributed by atoms with Crippen LogP contribution in [0.4, 0.5) is 10.1 Å². The van der Waals surface area contributed by atoms with Gasteiger partial charge in [-0.15, -0.1) is 0 Å². The maximum absolute atomic E-state index is 13.4. The van der Waals surface area contributed by atoms with Gasteiger partial charge >= 0.3 is 0 Å². The van der Waals surface area contributed by atoms with Gasteiger partial charge in [0.2, 0.25) is 0 Å². The summed E-state index contributed by atoms with van der Waals surface area (Å²) in [4.78, 5) is 4.03. The van der Waals surface area contributed by atoms with Crippen molar-refractivity contribution >= 4 is 5.69 Å². The molecule has 0 spiro atoms. The molecule has 0 aliphatic rings. The predicted octanol–water partition coefficient (Wildman–Crippen LogP) is 2.02. The standard InChI is InChI=1S/C10H10FN3O/c1-2-9-13-10(15-14-9)7-5-6(12)3-4-8(7)11/h3-5H,2,12H2,1H3. The Bertz CT molecular complexity index is 481. The second kappa shape index (κ2) is 3.68. The molecular formula is C10H10FN3O. The number of nitrogens with zero attached hydrogens (tertiary/aromatic N) is 2. The van der Waals surface area contributed by atoms with Gasteiger partial charge in [-0.3, -0.25) is 0 Å². The van der Waals surface area contributed by atoms with Gasteiger partial charge in [0.1, 0.15) is 5.82 Å². The summed E-state index contributed by atoms with van der Waals surface area (Å²) < 4.78 is 18.3. The summed E-state index contributed by atoms with van der Waals surface area (Å²) in [5, 5.41) is 3.69. The number of hydrogen-bond acceptors (Lipinski definition) is 4. The van der Waals surface area contributed by atoms with Crippen molar-refractivity contribution in [2.45, 2.75) is 13.3 Å². The summed E-state index contributed by atoms with van der Waals surface area (Å²) in [7, 11) is 0. The van der Waals surface area contributed by atoms with Crippen LogP contribution in [0, 0.1) is 5.82 Å². The number of nitrogens with two attached hydrogens (primary N) is 1. The van der Waals surface area contributed by atoms with E-state index in [1.54, 1.807) is 0 Å². The normalized spacial score (nSPS) is 10.5. The van der Waals surface area contributed by atoms with Crippen LogP contribution in [-0.2, 0) is 6.42 Å². The maximum atomic E-state index is 13.4. The number of benzene rings is 1. The first-order valence-corrected chi connectivity index (χ1v) is 4.58. The van der Waals surface area contributed by atoms with Gasteiger partial charge in [0.15, 0.2) is 5.82 Å². The molecule has 1 aromatic heterocycles. The van der Waals surface area contributed by atoms with Crippen molar-refractivity contribution in [3.8, 4) is 11.5 Å². The third-order valence-corrected chi connectivity index (χ3v) is 2.01. The molecule has 15 heavy (non-hydrogen) atoms. The van der Waals surface area contributed by atoms with Crippen molar-refractivity contribution in [1.29, 1.82) is 0 Å². The van der Waals surface area contributed by atoms with Gasteiger partial charge in [0.05, 0.1) is 5.56 Å². The maximum Gasteiger partial charge on any atom is 0.260 e. The molecule has 0 aliphatic heterocycles. The van der Waals surface area contributed by atoms with Crippen molar-refractivity contribution in [1.82, 2.24) is 10.1 Å². The Morgan fingerprint density at radius 1 is 1.47 bits per heavy atom. The average molecular weight is 207 g/mol. The minimum Gasteiger partial charge on any atom is -0.399 e. The summed E-state index contributed by atoms with van der Waals surface area (Å²) in [6.45, 7) is 1.89. The number of rotatable bonds is 2. The Kier molecular flexibility index (Phi) is 2.37. The van der Waals surface area contributed by atoms with Gasteiger partial charge in [0.25, 0.3) is 5.89 Å². The second-order valence-corrected chi connectivity index (χ2v) is 3.11. The quantitative estimate of drug-likeness (QED) is 0.765. The number of hydrogen-bond donors (Lipinski definition) is 1. The molecule has 0 amide bonds. The van der Waals surface area contributed by atoms with E-state index in [1.807, 2.05) is 6.92 Å². The van der Waals surface area contributed by atoms with Crippen LogP contribution < -0.4 is 5.73 Å². The van der Waals surface area contributed by atoms with Gasteiger partial charge in [-0.1, -0.05) is 12.1 Å². The molecule has 0 atom stereocenters. The molecule has 0 fully saturated rings. The smallest absolute Gasteiger partial charge is 0.260 e. The number of nitrogen functional groups attached to an aromatic ring is 1. The van der Waals surface area contributed by atoms with Crippen molar-refractivity contribution in [3.05, 3.63) is 29.8 Å². The minimum absolute atomic E-state index is 0.164. The number of aryl methyl sites for hydroxylation is 1. The molecule has 2 N–H and O–H groups in total. The first-order valence-electron chi connectivity index (χ1n) is 4.58. The topological polar surface area (TPSA) is 64.9 Å².